The fraction of sp³-hybridized carbons (Fsp3) is 0.227. The van der Waals surface area contributed by atoms with Gasteiger partial charge in [-0.05, 0) is 36.4 Å². The van der Waals surface area contributed by atoms with E-state index in [1.54, 1.807) is 28.8 Å². The van der Waals surface area contributed by atoms with Crippen molar-refractivity contribution in [2.45, 2.75) is 6.54 Å². The van der Waals surface area contributed by atoms with Gasteiger partial charge in [-0.25, -0.2) is 14.4 Å². The van der Waals surface area contributed by atoms with Crippen molar-refractivity contribution in [1.82, 2.24) is 19.8 Å². The molecule has 0 atom stereocenters. The first kappa shape index (κ1) is 19.3. The largest absolute Gasteiger partial charge is 0.335 e. The molecule has 2 aromatic carbocycles. The summed E-state index contributed by atoms with van der Waals surface area (Å²) >= 11 is 3.14. The molecule has 1 amide bonds. The molecule has 0 unspecified atom stereocenters. The standard InChI is InChI=1S/C22H19FN4OS2/c23-16-7-5-15(6-8-16)21-25-18(14-29-21)22(28)27-11-9-26(10-12-27)13-20-24-17-3-1-2-4-19(17)30-20/h1-8,14H,9-13H2. The summed E-state index contributed by atoms with van der Waals surface area (Å²) in [4.78, 5) is 26.3. The van der Waals surface area contributed by atoms with Gasteiger partial charge >= 0.3 is 0 Å². The van der Waals surface area contributed by atoms with E-state index in [0.29, 0.717) is 18.8 Å². The first-order valence-electron chi connectivity index (χ1n) is 9.73. The number of hydrogen-bond donors (Lipinski definition) is 0. The lowest BCUT2D eigenvalue weighted by molar-refractivity contribution is 0.0623. The number of aromatic nitrogens is 2. The zero-order valence-corrected chi connectivity index (χ0v) is 17.8. The third kappa shape index (κ3) is 3.98. The number of carbonyl (C=O) groups excluding carboxylic acids is 1. The van der Waals surface area contributed by atoms with Gasteiger partial charge < -0.3 is 4.90 Å². The molecule has 2 aromatic heterocycles. The quantitative estimate of drug-likeness (QED) is 0.470. The zero-order chi connectivity index (χ0) is 20.5. The summed E-state index contributed by atoms with van der Waals surface area (Å²) in [5.41, 5.74) is 2.33. The second kappa shape index (κ2) is 8.22. The van der Waals surface area contributed by atoms with Crippen LogP contribution >= 0.6 is 22.7 Å². The minimum Gasteiger partial charge on any atom is -0.335 e. The maximum Gasteiger partial charge on any atom is 0.273 e. The molecule has 1 aliphatic heterocycles. The van der Waals surface area contributed by atoms with Crippen LogP contribution in [-0.4, -0.2) is 51.9 Å². The third-order valence-corrected chi connectivity index (χ3v) is 7.08. The van der Waals surface area contributed by atoms with Crippen LogP contribution in [0.3, 0.4) is 0 Å². The van der Waals surface area contributed by atoms with Crippen molar-refractivity contribution in [3.63, 3.8) is 0 Å². The summed E-state index contributed by atoms with van der Waals surface area (Å²) in [5, 5.41) is 3.63. The van der Waals surface area contributed by atoms with Gasteiger partial charge in [-0.15, -0.1) is 22.7 Å². The molecule has 0 saturated carbocycles. The van der Waals surface area contributed by atoms with Crippen molar-refractivity contribution >= 4 is 38.8 Å². The highest BCUT2D eigenvalue weighted by Crippen LogP contribution is 2.25. The Labute approximate surface area is 181 Å². The number of piperazine rings is 1. The van der Waals surface area contributed by atoms with Crippen LogP contribution in [0.15, 0.2) is 53.9 Å². The molecular formula is C22H19FN4OS2. The lowest BCUT2D eigenvalue weighted by atomic mass is 10.2. The molecule has 0 N–H and O–H groups in total. The van der Waals surface area contributed by atoms with E-state index in [1.165, 1.54) is 28.2 Å². The van der Waals surface area contributed by atoms with Crippen LogP contribution in [0.25, 0.3) is 20.8 Å². The summed E-state index contributed by atoms with van der Waals surface area (Å²) in [7, 11) is 0. The smallest absolute Gasteiger partial charge is 0.273 e. The van der Waals surface area contributed by atoms with E-state index in [4.69, 9.17) is 4.98 Å². The Kier molecular flexibility index (Phi) is 5.28. The van der Waals surface area contributed by atoms with Gasteiger partial charge in [0.25, 0.3) is 5.91 Å². The van der Waals surface area contributed by atoms with Gasteiger partial charge in [0.2, 0.25) is 0 Å². The lowest BCUT2D eigenvalue weighted by Gasteiger charge is -2.33. The molecule has 0 bridgehead atoms. The number of carbonyl (C=O) groups is 1. The highest BCUT2D eigenvalue weighted by molar-refractivity contribution is 7.18. The summed E-state index contributed by atoms with van der Waals surface area (Å²) < 4.78 is 14.3. The van der Waals surface area contributed by atoms with Crippen LogP contribution in [0.2, 0.25) is 0 Å². The SMILES string of the molecule is O=C(c1csc(-c2ccc(F)cc2)n1)N1CCN(Cc2nc3ccccc3s2)CC1. The van der Waals surface area contributed by atoms with Gasteiger partial charge in [0, 0.05) is 37.1 Å². The number of amides is 1. The van der Waals surface area contributed by atoms with Crippen LogP contribution in [-0.2, 0) is 6.54 Å². The van der Waals surface area contributed by atoms with Crippen LogP contribution < -0.4 is 0 Å². The van der Waals surface area contributed by atoms with Crippen molar-refractivity contribution in [2.75, 3.05) is 26.2 Å². The Morgan fingerprint density at radius 3 is 2.53 bits per heavy atom. The molecule has 5 rings (SSSR count). The number of benzene rings is 2. The highest BCUT2D eigenvalue weighted by atomic mass is 32.1. The molecule has 152 valence electrons. The second-order valence-corrected chi connectivity index (χ2v) is 9.16. The van der Waals surface area contributed by atoms with Crippen LogP contribution in [0.4, 0.5) is 4.39 Å². The Morgan fingerprint density at radius 2 is 1.77 bits per heavy atom. The van der Waals surface area contributed by atoms with Gasteiger partial charge in [0.15, 0.2) is 0 Å². The van der Waals surface area contributed by atoms with Gasteiger partial charge in [-0.3, -0.25) is 9.69 Å². The van der Waals surface area contributed by atoms with Crippen molar-refractivity contribution in [2.24, 2.45) is 0 Å². The maximum atomic E-state index is 13.1. The predicted octanol–water partition coefficient (Wildman–Crippen LogP) is 4.52. The molecule has 1 saturated heterocycles. The second-order valence-electron chi connectivity index (χ2n) is 7.19. The normalized spacial score (nSPS) is 15.0. The molecule has 8 heteroatoms. The molecule has 1 aliphatic rings. The first-order valence-corrected chi connectivity index (χ1v) is 11.4. The van der Waals surface area contributed by atoms with Crippen molar-refractivity contribution < 1.29 is 9.18 Å². The summed E-state index contributed by atoms with van der Waals surface area (Å²) in [5.74, 6) is -0.324. The number of nitrogens with zero attached hydrogens (tertiary/aromatic N) is 4. The van der Waals surface area contributed by atoms with E-state index < -0.39 is 0 Å². The van der Waals surface area contributed by atoms with Crippen molar-refractivity contribution in [3.8, 4) is 10.6 Å². The van der Waals surface area contributed by atoms with E-state index in [1.807, 2.05) is 23.1 Å². The molecule has 0 radical (unpaired) electrons. The Morgan fingerprint density at radius 1 is 1.00 bits per heavy atom. The highest BCUT2D eigenvalue weighted by Gasteiger charge is 2.24. The molecule has 0 aliphatic carbocycles. The average Bonchev–Trinajstić information content (AvgIpc) is 3.41. The summed E-state index contributed by atoms with van der Waals surface area (Å²) in [6.07, 6.45) is 0. The maximum absolute atomic E-state index is 13.1. The number of fused-ring (bicyclic) bond motifs is 1. The van der Waals surface area contributed by atoms with Gasteiger partial charge in [0.1, 0.15) is 21.5 Å². The Hall–Kier alpha value is -2.68. The predicted molar refractivity (Wildman–Crippen MR) is 118 cm³/mol. The third-order valence-electron chi connectivity index (χ3n) is 5.17. The molecule has 30 heavy (non-hydrogen) atoms. The van der Waals surface area contributed by atoms with Crippen molar-refractivity contribution in [1.29, 1.82) is 0 Å². The number of halogens is 1. The van der Waals surface area contributed by atoms with E-state index in [-0.39, 0.29) is 11.7 Å². The van der Waals surface area contributed by atoms with Gasteiger partial charge in [0.05, 0.1) is 16.8 Å². The van der Waals surface area contributed by atoms with Crippen LogP contribution in [0.5, 0.6) is 0 Å². The summed E-state index contributed by atoms with van der Waals surface area (Å²) in [6, 6.07) is 14.4. The minimum absolute atomic E-state index is 0.0424. The monoisotopic (exact) mass is 438 g/mol. The molecule has 3 heterocycles. The molecule has 0 spiro atoms. The van der Waals surface area contributed by atoms with E-state index >= 15 is 0 Å². The van der Waals surface area contributed by atoms with E-state index in [0.717, 1.165) is 40.7 Å². The number of rotatable bonds is 4. The van der Waals surface area contributed by atoms with E-state index in [9.17, 15) is 9.18 Å². The molecule has 4 aromatic rings. The topological polar surface area (TPSA) is 49.3 Å². The van der Waals surface area contributed by atoms with Crippen LogP contribution in [0.1, 0.15) is 15.5 Å². The summed E-state index contributed by atoms with van der Waals surface area (Å²) in [6.45, 7) is 3.79. The van der Waals surface area contributed by atoms with Crippen molar-refractivity contribution in [3.05, 3.63) is 70.4 Å². The fourth-order valence-corrected chi connectivity index (χ4v) is 5.36. The lowest BCUT2D eigenvalue weighted by Crippen LogP contribution is -2.48. The first-order chi connectivity index (χ1) is 14.7. The van der Waals surface area contributed by atoms with E-state index in [2.05, 4.69) is 16.0 Å². The fourth-order valence-electron chi connectivity index (χ4n) is 3.55. The van der Waals surface area contributed by atoms with Crippen LogP contribution in [0, 0.1) is 5.82 Å². The van der Waals surface area contributed by atoms with Gasteiger partial charge in [-0.1, -0.05) is 12.1 Å². The number of hydrogen-bond acceptors (Lipinski definition) is 6. The number of para-hydroxylation sites is 1. The Balaban J connectivity index is 1.20. The minimum atomic E-state index is -0.282. The van der Waals surface area contributed by atoms with Gasteiger partial charge in [-0.2, -0.15) is 0 Å². The molecular weight excluding hydrogens is 419 g/mol. The zero-order valence-electron chi connectivity index (χ0n) is 16.1. The Bertz CT molecular complexity index is 1150. The average molecular weight is 439 g/mol. The number of thiazole rings is 2. The molecule has 1 fully saturated rings. The molecule has 5 nitrogen and oxygen atoms in total.